The third kappa shape index (κ3) is 7.09. The van der Waals surface area contributed by atoms with Gasteiger partial charge in [0.25, 0.3) is 10.9 Å². The van der Waals surface area contributed by atoms with Crippen LogP contribution < -0.4 is 5.32 Å². The maximum atomic E-state index is 11.8. The van der Waals surface area contributed by atoms with Crippen LogP contribution in [0.25, 0.3) is 0 Å². The minimum absolute atomic E-state index is 0.0369. The third-order valence-electron chi connectivity index (χ3n) is 3.16. The van der Waals surface area contributed by atoms with E-state index in [-0.39, 0.29) is 28.0 Å². The Balaban J connectivity index is 1.95. The zero-order valence-electron chi connectivity index (χ0n) is 15.1. The summed E-state index contributed by atoms with van der Waals surface area (Å²) in [5.74, 6) is -3.04. The molecule has 1 amide bonds. The first-order valence-electron chi connectivity index (χ1n) is 7.92. The molecule has 0 bridgehead atoms. The molecule has 0 saturated heterocycles. The van der Waals surface area contributed by atoms with E-state index in [2.05, 4.69) is 20.2 Å². The van der Waals surface area contributed by atoms with Crippen LogP contribution in [-0.4, -0.2) is 51.2 Å². The topological polar surface area (TPSA) is 167 Å². The number of nitro benzene ring substituents is 1. The molecule has 0 unspecified atom stereocenters. The number of alkyl halides is 1. The molecular weight excluding hydrogens is 479 g/mol. The molecule has 1 aromatic heterocycles. The molecule has 1 heterocycles. The van der Waals surface area contributed by atoms with Gasteiger partial charge >= 0.3 is 11.9 Å². The fourth-order valence-electron chi connectivity index (χ4n) is 1.84. The van der Waals surface area contributed by atoms with Gasteiger partial charge in [-0.3, -0.25) is 19.7 Å². The maximum Gasteiger partial charge on any atom is 0.354 e. The number of hydrogen-bond donors (Lipinski definition) is 1. The van der Waals surface area contributed by atoms with Crippen molar-refractivity contribution in [3.8, 4) is 0 Å². The number of halogens is 2. The van der Waals surface area contributed by atoms with Crippen LogP contribution in [0.3, 0.4) is 0 Å². The summed E-state index contributed by atoms with van der Waals surface area (Å²) in [5, 5.41) is 16.8. The van der Waals surface area contributed by atoms with E-state index in [9.17, 15) is 29.3 Å². The fraction of sp³-hybridized carbons (Fsp3) is 0.125. The number of oxime groups is 1. The molecule has 0 fully saturated rings. The summed E-state index contributed by atoms with van der Waals surface area (Å²) in [6.07, 6.45) is 0. The lowest BCUT2D eigenvalue weighted by Crippen LogP contribution is -2.18. The highest BCUT2D eigenvalue weighted by Crippen LogP contribution is 2.17. The molecule has 2 aromatic rings. The summed E-state index contributed by atoms with van der Waals surface area (Å²) in [7, 11) is 0. The van der Waals surface area contributed by atoms with E-state index in [4.69, 9.17) is 28.0 Å². The Hall–Kier alpha value is -3.42. The molecule has 1 aromatic carbocycles. The lowest BCUT2D eigenvalue weighted by atomic mass is 10.2. The second-order valence-electron chi connectivity index (χ2n) is 5.27. The number of amides is 1. The van der Waals surface area contributed by atoms with Crippen molar-refractivity contribution in [3.63, 3.8) is 0 Å². The Labute approximate surface area is 186 Å². The van der Waals surface area contributed by atoms with E-state index in [0.717, 1.165) is 35.6 Å². The largest absolute Gasteiger partial charge is 0.387 e. The van der Waals surface area contributed by atoms with Crippen LogP contribution in [0.15, 0.2) is 34.8 Å². The fourth-order valence-corrected chi connectivity index (χ4v) is 2.75. The number of anilines is 1. The number of nitrogens with zero attached hydrogens (tertiary/aromatic N) is 3. The average Bonchev–Trinajstić information content (AvgIpc) is 3.18. The first-order valence-corrected chi connectivity index (χ1v) is 9.71. The SMILES string of the molecule is O=C(CCl)Nc1nc(/C(=N/OCC(=O)OC(=O)c2ccc([N+](=O)[O-])cc2)C(=O)Cl)cs1. The van der Waals surface area contributed by atoms with Gasteiger partial charge in [0.15, 0.2) is 10.8 Å². The molecule has 0 spiro atoms. The highest BCUT2D eigenvalue weighted by Gasteiger charge is 2.19. The van der Waals surface area contributed by atoms with Crippen molar-refractivity contribution in [2.24, 2.45) is 5.16 Å². The zero-order chi connectivity index (χ0) is 23.0. The Bertz CT molecular complexity index is 1050. The van der Waals surface area contributed by atoms with Gasteiger partial charge in [-0.2, -0.15) is 0 Å². The number of rotatable bonds is 9. The van der Waals surface area contributed by atoms with Crippen LogP contribution in [0.1, 0.15) is 16.1 Å². The summed E-state index contributed by atoms with van der Waals surface area (Å²) in [5.41, 5.74) is -0.844. The number of nitrogens with one attached hydrogen (secondary N) is 1. The molecule has 0 aliphatic heterocycles. The second-order valence-corrected chi connectivity index (χ2v) is 6.74. The predicted molar refractivity (Wildman–Crippen MR) is 108 cm³/mol. The summed E-state index contributed by atoms with van der Waals surface area (Å²) in [6.45, 7) is -0.855. The Morgan fingerprint density at radius 1 is 1.23 bits per heavy atom. The van der Waals surface area contributed by atoms with Crippen LogP contribution in [0.2, 0.25) is 0 Å². The van der Waals surface area contributed by atoms with Crippen LogP contribution in [0, 0.1) is 10.1 Å². The summed E-state index contributed by atoms with van der Waals surface area (Å²) < 4.78 is 4.51. The Morgan fingerprint density at radius 2 is 1.90 bits per heavy atom. The van der Waals surface area contributed by atoms with Crippen molar-refractivity contribution in [2.45, 2.75) is 0 Å². The second kappa shape index (κ2) is 11.1. The number of hydrogen-bond acceptors (Lipinski definition) is 11. The quantitative estimate of drug-likeness (QED) is 0.105. The van der Waals surface area contributed by atoms with E-state index in [1.165, 1.54) is 5.38 Å². The molecule has 0 atom stereocenters. The number of thiazole rings is 1. The number of nitro groups is 1. The summed E-state index contributed by atoms with van der Waals surface area (Å²) in [6, 6.07) is 4.36. The number of ether oxygens (including phenoxy) is 1. The van der Waals surface area contributed by atoms with Gasteiger partial charge in [0.2, 0.25) is 12.5 Å². The Morgan fingerprint density at radius 3 is 2.48 bits per heavy atom. The highest BCUT2D eigenvalue weighted by atomic mass is 35.5. The van der Waals surface area contributed by atoms with E-state index in [0.29, 0.717) is 0 Å². The average molecular weight is 489 g/mol. The van der Waals surface area contributed by atoms with Crippen LogP contribution >= 0.6 is 34.5 Å². The predicted octanol–water partition coefficient (Wildman–Crippen LogP) is 2.10. The van der Waals surface area contributed by atoms with Gasteiger partial charge < -0.3 is 14.9 Å². The van der Waals surface area contributed by atoms with Crippen LogP contribution in [-0.2, 0) is 24.0 Å². The highest BCUT2D eigenvalue weighted by molar-refractivity contribution is 7.14. The molecule has 0 aliphatic rings. The maximum absolute atomic E-state index is 11.8. The van der Waals surface area contributed by atoms with Gasteiger partial charge in [0.05, 0.1) is 10.5 Å². The molecule has 0 radical (unpaired) electrons. The molecule has 1 N–H and O–H groups in total. The molecular formula is C16H10Cl2N4O8S. The van der Waals surface area contributed by atoms with Crippen LogP contribution in [0.5, 0.6) is 0 Å². The van der Waals surface area contributed by atoms with Crippen molar-refractivity contribution < 1.29 is 33.7 Å². The number of non-ortho nitro benzene ring substituents is 1. The molecule has 0 aliphatic carbocycles. The molecule has 2 rings (SSSR count). The van der Waals surface area contributed by atoms with Gasteiger partial charge in [-0.05, 0) is 23.7 Å². The molecule has 0 saturated carbocycles. The van der Waals surface area contributed by atoms with Crippen molar-refractivity contribution in [1.82, 2.24) is 4.98 Å². The van der Waals surface area contributed by atoms with Gasteiger partial charge in [-0.15, -0.1) is 22.9 Å². The summed E-state index contributed by atoms with van der Waals surface area (Å²) in [4.78, 5) is 64.9. The lowest BCUT2D eigenvalue weighted by Gasteiger charge is -2.03. The molecule has 31 heavy (non-hydrogen) atoms. The first kappa shape index (κ1) is 23.9. The van der Waals surface area contributed by atoms with E-state index >= 15 is 0 Å². The van der Waals surface area contributed by atoms with E-state index in [1.807, 2.05) is 0 Å². The standard InChI is InChI=1S/C16H10Cl2N4O8S/c17-5-11(23)20-16-19-10(7-31-16)13(14(18)25)21-29-6-12(24)30-15(26)8-1-3-9(4-2-8)22(27)28/h1-4,7H,5-6H2,(H,19,20,23)/b21-13-. The lowest BCUT2D eigenvalue weighted by molar-refractivity contribution is -0.384. The van der Waals surface area contributed by atoms with Gasteiger partial charge in [-0.1, -0.05) is 5.16 Å². The number of carbonyl (C=O) groups excluding carboxylic acids is 4. The zero-order valence-corrected chi connectivity index (χ0v) is 17.4. The van der Waals surface area contributed by atoms with Crippen LogP contribution in [0.4, 0.5) is 10.8 Å². The minimum atomic E-state index is -1.15. The number of aromatic nitrogens is 1. The number of esters is 2. The number of benzene rings is 1. The smallest absolute Gasteiger partial charge is 0.354 e. The van der Waals surface area contributed by atoms with Gasteiger partial charge in [0, 0.05) is 17.5 Å². The minimum Gasteiger partial charge on any atom is -0.387 e. The monoisotopic (exact) mass is 488 g/mol. The van der Waals surface area contributed by atoms with Crippen molar-refractivity contribution in [2.75, 3.05) is 17.8 Å². The van der Waals surface area contributed by atoms with Gasteiger partial charge in [0.1, 0.15) is 11.6 Å². The van der Waals surface area contributed by atoms with Gasteiger partial charge in [-0.25, -0.2) is 14.6 Å². The molecule has 12 nitrogen and oxygen atoms in total. The molecule has 162 valence electrons. The van der Waals surface area contributed by atoms with Crippen molar-refractivity contribution in [3.05, 3.63) is 51.0 Å². The molecule has 15 heteroatoms. The van der Waals surface area contributed by atoms with Crippen molar-refractivity contribution >= 4 is 74.2 Å². The van der Waals surface area contributed by atoms with E-state index < -0.39 is 40.3 Å². The van der Waals surface area contributed by atoms with E-state index in [1.54, 1.807) is 0 Å². The summed E-state index contributed by atoms with van der Waals surface area (Å²) >= 11 is 11.7. The van der Waals surface area contributed by atoms with Crippen molar-refractivity contribution in [1.29, 1.82) is 0 Å². The third-order valence-corrected chi connectivity index (χ3v) is 4.34. The first-order chi connectivity index (χ1) is 14.7. The number of carbonyl (C=O) groups is 4. The normalized spacial score (nSPS) is 10.8. The Kier molecular flexibility index (Phi) is 8.54.